The second kappa shape index (κ2) is 5.99. The molecule has 0 radical (unpaired) electrons. The van der Waals surface area contributed by atoms with Gasteiger partial charge < -0.3 is 9.30 Å². The zero-order valence-corrected chi connectivity index (χ0v) is 14.1. The maximum Gasteiger partial charge on any atom is 0.341 e. The van der Waals surface area contributed by atoms with E-state index < -0.39 is 5.97 Å². The molecule has 2 aliphatic rings. The van der Waals surface area contributed by atoms with Crippen LogP contribution in [0.4, 0.5) is 0 Å². The van der Waals surface area contributed by atoms with Gasteiger partial charge in [-0.25, -0.2) is 4.79 Å². The number of carbonyl (C=O) groups is 1. The number of esters is 1. The molecule has 0 amide bonds. The molecule has 0 saturated carbocycles. The van der Waals surface area contributed by atoms with Crippen molar-refractivity contribution in [2.75, 3.05) is 7.11 Å². The molecule has 130 valence electrons. The minimum atomic E-state index is -0.572. The summed E-state index contributed by atoms with van der Waals surface area (Å²) < 4.78 is 7.77. The Labute approximate surface area is 148 Å². The number of carbonyl (C=O) groups excluding carboxylic acids is 1. The lowest BCUT2D eigenvalue weighted by Gasteiger charge is -2.09. The third-order valence-electron chi connectivity index (χ3n) is 4.09. The fourth-order valence-corrected chi connectivity index (χ4v) is 2.83. The second-order valence-electron chi connectivity index (χ2n) is 5.83. The van der Waals surface area contributed by atoms with Crippen molar-refractivity contribution < 1.29 is 9.53 Å². The van der Waals surface area contributed by atoms with E-state index in [4.69, 9.17) is 4.74 Å². The van der Waals surface area contributed by atoms with Gasteiger partial charge in [-0.15, -0.1) is 0 Å². The largest absolute Gasteiger partial charge is 0.465 e. The molecular weight excluding hydrogens is 334 g/mol. The molecule has 8 heteroatoms. The molecule has 1 aromatic heterocycles. The van der Waals surface area contributed by atoms with Crippen molar-refractivity contribution in [2.24, 2.45) is 0 Å². The fraction of sp³-hybridized carbons (Fsp3) is 0.111. The van der Waals surface area contributed by atoms with Crippen LogP contribution < -0.4 is 5.56 Å². The Morgan fingerprint density at radius 2 is 2.08 bits per heavy atom. The molecule has 4 rings (SSSR count). The first-order chi connectivity index (χ1) is 12.6. The highest BCUT2D eigenvalue weighted by Crippen LogP contribution is 2.24. The predicted molar refractivity (Wildman–Crippen MR) is 94.0 cm³/mol. The van der Waals surface area contributed by atoms with E-state index in [1.165, 1.54) is 11.8 Å². The quantitative estimate of drug-likeness (QED) is 0.571. The van der Waals surface area contributed by atoms with Crippen LogP contribution in [0.2, 0.25) is 0 Å². The standard InChI is InChI=1S/C18H15N5O3/c1-11-4-3-5-12(8-11)23-17(24)13-9-22(15-6-7-19-20-15)10-14(16(13)21-23)18(25)26-2/h3-10H,1-2H3,(H,19,20). The van der Waals surface area contributed by atoms with E-state index in [0.29, 0.717) is 22.8 Å². The molecule has 0 fully saturated rings. The molecule has 8 nitrogen and oxygen atoms in total. The lowest BCUT2D eigenvalue weighted by atomic mass is 10.1. The molecule has 26 heavy (non-hydrogen) atoms. The third kappa shape index (κ3) is 2.48. The number of nitrogens with zero attached hydrogens (tertiary/aromatic N) is 4. The van der Waals surface area contributed by atoms with Crippen LogP contribution in [-0.4, -0.2) is 37.6 Å². The summed E-state index contributed by atoms with van der Waals surface area (Å²) in [5.41, 5.74) is 2.12. The molecule has 0 saturated heterocycles. The van der Waals surface area contributed by atoms with Gasteiger partial charge in [0.1, 0.15) is 17.1 Å². The van der Waals surface area contributed by atoms with Crippen molar-refractivity contribution >= 4 is 5.97 Å². The molecule has 1 N–H and O–H groups in total. The Balaban J connectivity index is 2.01. The zero-order chi connectivity index (χ0) is 18.3. The van der Waals surface area contributed by atoms with Crippen LogP contribution >= 0.6 is 0 Å². The molecular formula is C18H15N5O3. The Kier molecular flexibility index (Phi) is 3.65. The molecule has 0 aliphatic carbocycles. The van der Waals surface area contributed by atoms with Gasteiger partial charge in [0.05, 0.1) is 24.6 Å². The van der Waals surface area contributed by atoms with Gasteiger partial charge in [0.2, 0.25) is 0 Å². The van der Waals surface area contributed by atoms with E-state index in [2.05, 4.69) is 15.3 Å². The number of aromatic nitrogens is 5. The van der Waals surface area contributed by atoms with Crippen molar-refractivity contribution in [3.8, 4) is 22.8 Å². The van der Waals surface area contributed by atoms with Gasteiger partial charge in [0, 0.05) is 18.5 Å². The average molecular weight is 349 g/mol. The van der Waals surface area contributed by atoms with Crippen LogP contribution in [0.3, 0.4) is 0 Å². The van der Waals surface area contributed by atoms with Crippen molar-refractivity contribution in [1.29, 1.82) is 0 Å². The van der Waals surface area contributed by atoms with Crippen LogP contribution in [0, 0.1) is 6.92 Å². The number of methoxy groups -OCH3 is 1. The molecule has 3 heterocycles. The number of nitrogens with one attached hydrogen (secondary N) is 1. The minimum Gasteiger partial charge on any atom is -0.465 e. The first kappa shape index (κ1) is 15.8. The summed E-state index contributed by atoms with van der Waals surface area (Å²) in [6.45, 7) is 1.93. The topological polar surface area (TPSA) is 94.8 Å². The molecule has 0 spiro atoms. The van der Waals surface area contributed by atoms with Crippen molar-refractivity contribution in [3.63, 3.8) is 0 Å². The molecule has 0 unspecified atom stereocenters. The monoisotopic (exact) mass is 349 g/mol. The number of pyridine rings is 1. The number of aryl methyl sites for hydroxylation is 1. The Morgan fingerprint density at radius 3 is 2.77 bits per heavy atom. The smallest absolute Gasteiger partial charge is 0.341 e. The van der Waals surface area contributed by atoms with E-state index in [-0.39, 0.29) is 11.1 Å². The predicted octanol–water partition coefficient (Wildman–Crippen LogP) is 1.95. The SMILES string of the molecule is COC(=O)c1cn(-c2ccn[nH]2)cc2c(=O)n(-c3cccc(C)c3)nc1-2. The minimum absolute atomic E-state index is 0.197. The van der Waals surface area contributed by atoms with Crippen LogP contribution in [-0.2, 0) is 4.74 Å². The van der Waals surface area contributed by atoms with Gasteiger partial charge in [0.25, 0.3) is 5.56 Å². The van der Waals surface area contributed by atoms with Crippen LogP contribution in [0.1, 0.15) is 15.9 Å². The molecule has 0 atom stereocenters. The van der Waals surface area contributed by atoms with Gasteiger partial charge in [0.15, 0.2) is 0 Å². The zero-order valence-electron chi connectivity index (χ0n) is 14.1. The van der Waals surface area contributed by atoms with Gasteiger partial charge >= 0.3 is 5.97 Å². The number of hydrogen-bond acceptors (Lipinski definition) is 5. The van der Waals surface area contributed by atoms with Crippen molar-refractivity contribution in [2.45, 2.75) is 6.92 Å². The number of fused-ring (bicyclic) bond motifs is 1. The van der Waals surface area contributed by atoms with E-state index in [9.17, 15) is 9.59 Å². The molecule has 2 aliphatic heterocycles. The summed E-state index contributed by atoms with van der Waals surface area (Å²) in [5, 5.41) is 11.1. The highest BCUT2D eigenvalue weighted by molar-refractivity contribution is 5.96. The molecule has 2 aromatic rings. The first-order valence-electron chi connectivity index (χ1n) is 7.88. The van der Waals surface area contributed by atoms with Gasteiger partial charge in [-0.3, -0.25) is 9.89 Å². The highest BCUT2D eigenvalue weighted by Gasteiger charge is 2.25. The summed E-state index contributed by atoms with van der Waals surface area (Å²) in [5.74, 6) is 0.0394. The summed E-state index contributed by atoms with van der Waals surface area (Å²) >= 11 is 0. The molecule has 0 bridgehead atoms. The summed E-state index contributed by atoms with van der Waals surface area (Å²) in [7, 11) is 1.29. The lowest BCUT2D eigenvalue weighted by Crippen LogP contribution is -2.15. The number of H-pyrrole nitrogens is 1. The van der Waals surface area contributed by atoms with Gasteiger partial charge in [-0.05, 0) is 24.6 Å². The third-order valence-corrected chi connectivity index (χ3v) is 4.09. The number of aromatic amines is 1. The van der Waals surface area contributed by atoms with E-state index in [1.54, 1.807) is 35.3 Å². The normalized spacial score (nSPS) is 11.0. The number of rotatable bonds is 3. The maximum absolute atomic E-state index is 12.9. The summed E-state index contributed by atoms with van der Waals surface area (Å²) in [6.07, 6.45) is 4.77. The van der Waals surface area contributed by atoms with Crippen molar-refractivity contribution in [3.05, 3.63) is 70.4 Å². The average Bonchev–Trinajstić information content (AvgIpc) is 3.29. The lowest BCUT2D eigenvalue weighted by molar-refractivity contribution is 0.0600. The van der Waals surface area contributed by atoms with Crippen LogP contribution in [0.5, 0.6) is 0 Å². The number of hydrogen-bond donors (Lipinski definition) is 1. The van der Waals surface area contributed by atoms with E-state index >= 15 is 0 Å². The number of benzene rings is 1. The van der Waals surface area contributed by atoms with Crippen LogP contribution in [0.25, 0.3) is 22.8 Å². The van der Waals surface area contributed by atoms with E-state index in [0.717, 1.165) is 5.56 Å². The Hall–Kier alpha value is -3.68. The van der Waals surface area contributed by atoms with Gasteiger partial charge in [-0.2, -0.15) is 14.9 Å². The summed E-state index contributed by atoms with van der Waals surface area (Å²) in [4.78, 5) is 25.2. The second-order valence-corrected chi connectivity index (χ2v) is 5.83. The highest BCUT2D eigenvalue weighted by atomic mass is 16.5. The first-order valence-corrected chi connectivity index (χ1v) is 7.88. The van der Waals surface area contributed by atoms with E-state index in [1.807, 2.05) is 25.1 Å². The van der Waals surface area contributed by atoms with Crippen molar-refractivity contribution in [1.82, 2.24) is 24.5 Å². The fourth-order valence-electron chi connectivity index (χ4n) is 2.83. The Bertz CT molecular complexity index is 1120. The maximum atomic E-state index is 12.9. The molecule has 1 aromatic carbocycles. The summed E-state index contributed by atoms with van der Waals surface area (Å²) in [6, 6.07) is 9.16. The van der Waals surface area contributed by atoms with Crippen LogP contribution in [0.15, 0.2) is 53.7 Å². The van der Waals surface area contributed by atoms with Gasteiger partial charge in [-0.1, -0.05) is 12.1 Å². The number of ether oxygens (including phenoxy) is 1. The Morgan fingerprint density at radius 1 is 1.23 bits per heavy atom.